The summed E-state index contributed by atoms with van der Waals surface area (Å²) in [4.78, 5) is 59.2. The second-order valence-corrected chi connectivity index (χ2v) is 19.6. The van der Waals surface area contributed by atoms with E-state index < -0.39 is 117 Å². The molecule has 14 nitrogen and oxygen atoms in total. The molecule has 0 spiro atoms. The van der Waals surface area contributed by atoms with Gasteiger partial charge in [0.05, 0.1) is 41.7 Å². The number of ether oxygens (including phenoxy) is 6. The molecule has 0 aromatic heterocycles. The molecule has 14 heteroatoms. The number of methoxy groups -OCH3 is 3. The SMILES string of the molecule is [2H]C([2H])([2H])O[C@H]1C[C@@H]2CC([2H])([2H])[C@@H](C)[C@@](O)(O2)C(=O)C(=O)N2CCCC[C@H]2C(=O)O[C@H]([C@H](C)C[C@@H]2CC[C@@H](OCCO)[C@H](OC)C2)CC(=O)[C@H](C([2H])([2H])[2H])/C=C(\C)[C@@H](O)[C@@H](OC)C(=C)[C@H](C)C[C@H](C)/C=C/C=C/C=C/1C. The molecule has 0 aromatic rings. The van der Waals surface area contributed by atoms with E-state index in [2.05, 4.69) is 6.58 Å². The van der Waals surface area contributed by atoms with Crippen LogP contribution in [0.4, 0.5) is 0 Å². The predicted octanol–water partition coefficient (Wildman–Crippen LogP) is 7.18. The van der Waals surface area contributed by atoms with Gasteiger partial charge in [0.1, 0.15) is 30.1 Å². The lowest BCUT2D eigenvalue weighted by atomic mass is 9.78. The average Bonchev–Trinajstić information content (AvgIpc) is 3.34. The van der Waals surface area contributed by atoms with Gasteiger partial charge in [-0.25, -0.2) is 4.79 Å². The van der Waals surface area contributed by atoms with Crippen molar-refractivity contribution in [2.75, 3.05) is 41.0 Å². The number of amides is 1. The van der Waals surface area contributed by atoms with E-state index in [1.807, 2.05) is 19.9 Å². The summed E-state index contributed by atoms with van der Waals surface area (Å²) in [6.07, 6.45) is 2.86. The van der Waals surface area contributed by atoms with Crippen LogP contribution in [0.1, 0.15) is 136 Å². The monoisotopic (exact) mass is 964 g/mol. The van der Waals surface area contributed by atoms with E-state index in [1.54, 1.807) is 45.3 Å². The summed E-state index contributed by atoms with van der Waals surface area (Å²) >= 11 is 0. The Labute approximate surface area is 417 Å². The fourth-order valence-corrected chi connectivity index (χ4v) is 10.0. The van der Waals surface area contributed by atoms with E-state index >= 15 is 0 Å². The maximum atomic E-state index is 14.6. The molecule has 3 heterocycles. The van der Waals surface area contributed by atoms with Crippen LogP contribution in [-0.2, 0) is 47.6 Å². The van der Waals surface area contributed by atoms with Crippen LogP contribution >= 0.6 is 0 Å². The predicted molar refractivity (Wildman–Crippen MR) is 260 cm³/mol. The van der Waals surface area contributed by atoms with Gasteiger partial charge in [-0.2, -0.15) is 0 Å². The van der Waals surface area contributed by atoms with E-state index in [0.717, 1.165) is 4.90 Å². The van der Waals surface area contributed by atoms with E-state index in [4.69, 9.17) is 39.4 Å². The van der Waals surface area contributed by atoms with Gasteiger partial charge < -0.3 is 48.6 Å². The number of cyclic esters (lactones) is 1. The molecule has 1 amide bonds. The molecule has 0 aromatic carbocycles. The minimum atomic E-state index is -3.08. The van der Waals surface area contributed by atoms with E-state index in [0.29, 0.717) is 56.1 Å². The van der Waals surface area contributed by atoms with Crippen molar-refractivity contribution < 1.29 is 73.9 Å². The van der Waals surface area contributed by atoms with Crippen molar-refractivity contribution in [3.63, 3.8) is 0 Å². The van der Waals surface area contributed by atoms with Crippen molar-refractivity contribution in [3.8, 4) is 0 Å². The van der Waals surface area contributed by atoms with E-state index in [9.17, 15) is 34.5 Å². The molecular formula is C54H85NO13. The molecule has 384 valence electrons. The Morgan fingerprint density at radius 2 is 1.74 bits per heavy atom. The number of nitrogens with zero attached hydrogens (tertiary/aromatic N) is 1. The Balaban J connectivity index is 1.83. The number of ketones is 2. The molecular weight excluding hydrogens is 871 g/mol. The molecule has 68 heavy (non-hydrogen) atoms. The molecule has 2 saturated heterocycles. The van der Waals surface area contributed by atoms with Crippen LogP contribution in [0.15, 0.2) is 59.8 Å². The van der Waals surface area contributed by atoms with Gasteiger partial charge in [-0.05, 0) is 118 Å². The summed E-state index contributed by atoms with van der Waals surface area (Å²) in [5.41, 5.74) is 1.07. The Hall–Kier alpha value is -3.34. The fourth-order valence-electron chi connectivity index (χ4n) is 10.0. The van der Waals surface area contributed by atoms with Gasteiger partial charge in [0.25, 0.3) is 11.7 Å². The number of Topliss-reactive ketones (excluding diaryl/α,β-unsaturated/α-hetero) is 2. The highest BCUT2D eigenvalue weighted by Crippen LogP contribution is 2.38. The Morgan fingerprint density at radius 1 is 0.971 bits per heavy atom. The zero-order valence-corrected chi connectivity index (χ0v) is 41.5. The smallest absolute Gasteiger partial charge is 0.329 e. The summed E-state index contributed by atoms with van der Waals surface area (Å²) in [6.45, 7) is 11.1. The van der Waals surface area contributed by atoms with Crippen LogP contribution < -0.4 is 0 Å². The minimum Gasteiger partial charge on any atom is -0.460 e. The zero-order chi connectivity index (χ0) is 57.1. The van der Waals surface area contributed by atoms with Gasteiger partial charge in [0.15, 0.2) is 0 Å². The van der Waals surface area contributed by atoms with Gasteiger partial charge in [-0.1, -0.05) is 77.6 Å². The first-order valence-electron chi connectivity index (χ1n) is 28.4. The first kappa shape index (κ1) is 45.8. The largest absolute Gasteiger partial charge is 0.460 e. The van der Waals surface area contributed by atoms with Crippen LogP contribution in [0, 0.1) is 35.5 Å². The van der Waals surface area contributed by atoms with Crippen molar-refractivity contribution in [1.29, 1.82) is 0 Å². The normalized spacial score (nSPS) is 42.0. The molecule has 0 unspecified atom stereocenters. The summed E-state index contributed by atoms with van der Waals surface area (Å²) in [5, 5.41) is 33.3. The third-order valence-corrected chi connectivity index (χ3v) is 14.4. The molecule has 4 rings (SSSR count). The second-order valence-electron chi connectivity index (χ2n) is 19.6. The number of aliphatic hydroxyl groups excluding tert-OH is 2. The lowest BCUT2D eigenvalue weighted by Gasteiger charge is -2.42. The lowest BCUT2D eigenvalue weighted by molar-refractivity contribution is -0.265. The van der Waals surface area contributed by atoms with Gasteiger partial charge in [-0.3, -0.25) is 14.4 Å². The number of fused-ring (bicyclic) bond motifs is 3. The average molecular weight is 964 g/mol. The molecule has 3 fully saturated rings. The topological polar surface area (TPSA) is 188 Å². The number of allylic oxidation sites excluding steroid dienone is 6. The number of hydrogen-bond donors (Lipinski definition) is 3. The number of aliphatic hydroxyl groups is 3. The maximum Gasteiger partial charge on any atom is 0.329 e. The Bertz CT molecular complexity index is 2110. The number of carbonyl (C=O) groups is 4. The number of piperidine rings is 1. The molecule has 1 aliphatic carbocycles. The van der Waals surface area contributed by atoms with Crippen molar-refractivity contribution in [2.24, 2.45) is 35.5 Å². The molecule has 15 atom stereocenters. The van der Waals surface area contributed by atoms with Crippen molar-refractivity contribution in [2.45, 2.75) is 180 Å². The third-order valence-electron chi connectivity index (χ3n) is 14.4. The number of hydrogen-bond acceptors (Lipinski definition) is 13. The molecule has 0 radical (unpaired) electrons. The standard InChI is InChI=1S/C54H85NO13/c1-33-17-13-12-14-18-34(2)46(63-9)31-42-22-20-39(7)54(62,68-42)51(59)52(60)55-24-16-15-19-43(55)53(61)67-47(37(5)29-41-21-23-45(66-26-25-56)48(30-41)64-10)32-44(57)36(4)28-38(6)49(58)50(65-11)40(8)35(3)27-33/h12-14,17-18,28,33,35-37,39,41-43,45-50,56,58,62H,8,15-16,19-27,29-32H2,1-7,9-11H3/b14-12+,17-13+,34-18+,38-28+/t33-,35-,36-,37-,39-,41+,42+,43+,45-,46+,47+,48-,49-,50+,54-/m1/s1/i4D3,9D3,20D2. The molecule has 4 aliphatic rings. The molecule has 3 aliphatic heterocycles. The second kappa shape index (κ2) is 27.3. The van der Waals surface area contributed by atoms with E-state index in [1.165, 1.54) is 27.0 Å². The van der Waals surface area contributed by atoms with Crippen LogP contribution in [0.3, 0.4) is 0 Å². The van der Waals surface area contributed by atoms with Crippen LogP contribution in [0.5, 0.6) is 0 Å². The molecule has 1 saturated carbocycles. The van der Waals surface area contributed by atoms with Crippen molar-refractivity contribution in [1.82, 2.24) is 4.90 Å². The van der Waals surface area contributed by atoms with Crippen molar-refractivity contribution in [3.05, 3.63) is 59.8 Å². The summed E-state index contributed by atoms with van der Waals surface area (Å²) in [5.74, 6) is -12.1. The molecule has 2 bridgehead atoms. The van der Waals surface area contributed by atoms with Crippen LogP contribution in [0.2, 0.25) is 0 Å². The number of esters is 1. The number of rotatable bonds is 9. The minimum absolute atomic E-state index is 0.00373. The maximum absolute atomic E-state index is 14.6. The van der Waals surface area contributed by atoms with Crippen LogP contribution in [-0.4, -0.2) is 139 Å². The summed E-state index contributed by atoms with van der Waals surface area (Å²) in [7, 11) is 0.0337. The van der Waals surface area contributed by atoms with Gasteiger partial charge >= 0.3 is 5.97 Å². The molecule has 3 N–H and O–H groups in total. The summed E-state index contributed by atoms with van der Waals surface area (Å²) in [6, 6.07) is -1.43. The highest BCUT2D eigenvalue weighted by atomic mass is 16.6. The Kier molecular flexibility index (Phi) is 18.4. The highest BCUT2D eigenvalue weighted by Gasteiger charge is 2.53. The lowest BCUT2D eigenvalue weighted by Crippen LogP contribution is -2.61. The van der Waals surface area contributed by atoms with Crippen molar-refractivity contribution >= 4 is 23.4 Å². The van der Waals surface area contributed by atoms with Gasteiger partial charge in [-0.15, -0.1) is 0 Å². The zero-order valence-electron chi connectivity index (χ0n) is 49.5. The highest BCUT2D eigenvalue weighted by molar-refractivity contribution is 6.39. The Morgan fingerprint density at radius 3 is 2.43 bits per heavy atom. The summed E-state index contributed by atoms with van der Waals surface area (Å²) < 4.78 is 102. The van der Waals surface area contributed by atoms with E-state index in [-0.39, 0.29) is 68.1 Å². The third kappa shape index (κ3) is 15.3. The van der Waals surface area contributed by atoms with Gasteiger partial charge in [0.2, 0.25) is 5.79 Å². The van der Waals surface area contributed by atoms with Crippen LogP contribution in [0.25, 0.3) is 0 Å². The first-order chi connectivity index (χ1) is 35.4. The van der Waals surface area contributed by atoms with Gasteiger partial charge in [0, 0.05) is 59.3 Å². The quantitative estimate of drug-likeness (QED) is 0.120. The first-order valence-corrected chi connectivity index (χ1v) is 24.4. The fraction of sp³-hybridized carbons (Fsp3) is 0.741. The number of carbonyl (C=O) groups excluding carboxylic acids is 4.